The molecule has 5 nitrogen and oxygen atoms in total. The number of nitrogens with two attached hydrogens (primary N) is 1. The third kappa shape index (κ3) is 1.77. The molecule has 0 radical (unpaired) electrons. The lowest BCUT2D eigenvalue weighted by atomic mass is 9.85. The number of carboxylic acids is 1. The summed E-state index contributed by atoms with van der Waals surface area (Å²) in [7, 11) is 1.69. The Bertz CT molecular complexity index is 406. The molecule has 0 spiro atoms. The number of nitrogen functional groups attached to an aromatic ring is 1. The van der Waals surface area contributed by atoms with Crippen molar-refractivity contribution in [3.63, 3.8) is 0 Å². The molecule has 1 aliphatic rings. The number of aryl methyl sites for hydroxylation is 1. The van der Waals surface area contributed by atoms with Crippen LogP contribution < -0.4 is 5.73 Å². The van der Waals surface area contributed by atoms with Gasteiger partial charge in [0.05, 0.1) is 5.69 Å². The average Bonchev–Trinajstić information content (AvgIpc) is 2.57. The van der Waals surface area contributed by atoms with Crippen LogP contribution in [-0.2, 0) is 7.05 Å². The highest BCUT2D eigenvalue weighted by Crippen LogP contribution is 2.35. The number of aromatic carboxylic acids is 1. The zero-order chi connectivity index (χ0) is 11.7. The molecule has 1 heterocycles. The highest BCUT2D eigenvalue weighted by molar-refractivity contribution is 5.94. The highest BCUT2D eigenvalue weighted by Gasteiger charge is 2.27. The Labute approximate surface area is 94.2 Å². The molecule has 0 aromatic carbocycles. The molecule has 1 saturated carbocycles. The summed E-state index contributed by atoms with van der Waals surface area (Å²) in [6.07, 6.45) is 5.59. The van der Waals surface area contributed by atoms with Crippen molar-refractivity contribution in [3.05, 3.63) is 11.3 Å². The summed E-state index contributed by atoms with van der Waals surface area (Å²) in [5, 5.41) is 13.4. The summed E-state index contributed by atoms with van der Waals surface area (Å²) in [6, 6.07) is 0. The molecule has 1 aromatic rings. The Hall–Kier alpha value is -1.52. The molecule has 1 aliphatic carbocycles. The van der Waals surface area contributed by atoms with Crippen LogP contribution in [-0.4, -0.2) is 20.9 Å². The Balaban J connectivity index is 2.38. The minimum atomic E-state index is -0.967. The van der Waals surface area contributed by atoms with Crippen LogP contribution in [0.3, 0.4) is 0 Å². The van der Waals surface area contributed by atoms with E-state index in [0.29, 0.717) is 5.69 Å². The Morgan fingerprint density at radius 1 is 1.44 bits per heavy atom. The number of carbonyl (C=O) groups is 1. The van der Waals surface area contributed by atoms with Crippen molar-refractivity contribution < 1.29 is 9.90 Å². The monoisotopic (exact) mass is 223 g/mol. The summed E-state index contributed by atoms with van der Waals surface area (Å²) in [5.41, 5.74) is 6.61. The van der Waals surface area contributed by atoms with Crippen molar-refractivity contribution in [3.8, 4) is 0 Å². The first-order valence-electron chi connectivity index (χ1n) is 5.67. The first-order valence-corrected chi connectivity index (χ1v) is 5.67. The van der Waals surface area contributed by atoms with Crippen LogP contribution in [0.2, 0.25) is 0 Å². The second-order valence-electron chi connectivity index (χ2n) is 4.41. The van der Waals surface area contributed by atoms with E-state index in [1.54, 1.807) is 7.05 Å². The fourth-order valence-electron chi connectivity index (χ4n) is 2.44. The van der Waals surface area contributed by atoms with Crippen LogP contribution >= 0.6 is 0 Å². The van der Waals surface area contributed by atoms with Gasteiger partial charge in [-0.15, -0.1) is 0 Å². The molecule has 5 heteroatoms. The first kappa shape index (κ1) is 11.0. The van der Waals surface area contributed by atoms with Gasteiger partial charge in [0.25, 0.3) is 0 Å². The van der Waals surface area contributed by atoms with Crippen LogP contribution in [0.5, 0.6) is 0 Å². The number of hydrogen-bond donors (Lipinski definition) is 2. The van der Waals surface area contributed by atoms with Crippen molar-refractivity contribution in [1.29, 1.82) is 0 Å². The SMILES string of the molecule is Cn1nc(C2CCCCC2)c(C(=O)O)c1N. The van der Waals surface area contributed by atoms with Gasteiger partial charge >= 0.3 is 5.97 Å². The maximum Gasteiger partial charge on any atom is 0.341 e. The molecule has 0 saturated heterocycles. The quantitative estimate of drug-likeness (QED) is 0.800. The molecule has 0 aliphatic heterocycles. The molecule has 1 aromatic heterocycles. The number of hydrogen-bond acceptors (Lipinski definition) is 3. The van der Waals surface area contributed by atoms with Gasteiger partial charge in [0, 0.05) is 13.0 Å². The van der Waals surface area contributed by atoms with Crippen molar-refractivity contribution in [1.82, 2.24) is 9.78 Å². The smallest absolute Gasteiger partial charge is 0.341 e. The van der Waals surface area contributed by atoms with Gasteiger partial charge in [-0.1, -0.05) is 19.3 Å². The lowest BCUT2D eigenvalue weighted by molar-refractivity contribution is 0.0696. The van der Waals surface area contributed by atoms with E-state index < -0.39 is 5.97 Å². The molecular formula is C11H17N3O2. The number of rotatable bonds is 2. The second-order valence-corrected chi connectivity index (χ2v) is 4.41. The van der Waals surface area contributed by atoms with Crippen LogP contribution in [0, 0.1) is 0 Å². The fourth-order valence-corrected chi connectivity index (χ4v) is 2.44. The number of anilines is 1. The third-order valence-electron chi connectivity index (χ3n) is 3.32. The molecular weight excluding hydrogens is 206 g/mol. The lowest BCUT2D eigenvalue weighted by Crippen LogP contribution is -2.10. The van der Waals surface area contributed by atoms with E-state index in [1.807, 2.05) is 0 Å². The normalized spacial score (nSPS) is 17.6. The van der Waals surface area contributed by atoms with Gasteiger partial charge in [-0.2, -0.15) is 5.10 Å². The van der Waals surface area contributed by atoms with E-state index in [4.69, 9.17) is 10.8 Å². The zero-order valence-electron chi connectivity index (χ0n) is 9.44. The van der Waals surface area contributed by atoms with E-state index >= 15 is 0 Å². The molecule has 0 amide bonds. The van der Waals surface area contributed by atoms with Gasteiger partial charge in [0.15, 0.2) is 0 Å². The standard InChI is InChI=1S/C11H17N3O2/c1-14-10(12)8(11(15)16)9(13-14)7-5-3-2-4-6-7/h7H,2-6,12H2,1H3,(H,15,16). The molecule has 88 valence electrons. The Kier molecular flexibility index (Phi) is 2.85. The maximum absolute atomic E-state index is 11.2. The van der Waals surface area contributed by atoms with E-state index in [1.165, 1.54) is 11.1 Å². The van der Waals surface area contributed by atoms with Crippen LogP contribution in [0.15, 0.2) is 0 Å². The first-order chi connectivity index (χ1) is 7.61. The van der Waals surface area contributed by atoms with Crippen LogP contribution in [0.4, 0.5) is 5.82 Å². The zero-order valence-corrected chi connectivity index (χ0v) is 9.44. The summed E-state index contributed by atoms with van der Waals surface area (Å²) < 4.78 is 1.47. The van der Waals surface area contributed by atoms with Crippen molar-refractivity contribution >= 4 is 11.8 Å². The number of nitrogens with zero attached hydrogens (tertiary/aromatic N) is 2. The molecule has 3 N–H and O–H groups in total. The average molecular weight is 223 g/mol. The minimum absolute atomic E-state index is 0.203. The topological polar surface area (TPSA) is 81.1 Å². The molecule has 2 rings (SSSR count). The van der Waals surface area contributed by atoms with Crippen molar-refractivity contribution in [2.45, 2.75) is 38.0 Å². The van der Waals surface area contributed by atoms with Crippen LogP contribution in [0.25, 0.3) is 0 Å². The second kappa shape index (κ2) is 4.15. The fraction of sp³-hybridized carbons (Fsp3) is 0.636. The van der Waals surface area contributed by atoms with Gasteiger partial charge in [0.1, 0.15) is 11.4 Å². The van der Waals surface area contributed by atoms with E-state index in [-0.39, 0.29) is 17.3 Å². The largest absolute Gasteiger partial charge is 0.477 e. The Morgan fingerprint density at radius 2 is 2.06 bits per heavy atom. The molecule has 0 unspecified atom stereocenters. The van der Waals surface area contributed by atoms with Crippen LogP contribution in [0.1, 0.15) is 54.1 Å². The number of aromatic nitrogens is 2. The summed E-state index contributed by atoms with van der Waals surface area (Å²) in [4.78, 5) is 11.2. The maximum atomic E-state index is 11.2. The van der Waals surface area contributed by atoms with Gasteiger partial charge in [-0.05, 0) is 12.8 Å². The molecule has 1 fully saturated rings. The van der Waals surface area contributed by atoms with Gasteiger partial charge in [-0.3, -0.25) is 4.68 Å². The van der Waals surface area contributed by atoms with Gasteiger partial charge in [-0.25, -0.2) is 4.79 Å². The van der Waals surface area contributed by atoms with Crippen molar-refractivity contribution in [2.75, 3.05) is 5.73 Å². The molecule has 16 heavy (non-hydrogen) atoms. The predicted molar refractivity (Wildman–Crippen MR) is 60.4 cm³/mol. The predicted octanol–water partition coefficient (Wildman–Crippen LogP) is 1.75. The minimum Gasteiger partial charge on any atom is -0.477 e. The summed E-state index contributed by atoms with van der Waals surface area (Å²) >= 11 is 0. The highest BCUT2D eigenvalue weighted by atomic mass is 16.4. The van der Waals surface area contributed by atoms with Gasteiger partial charge in [0.2, 0.25) is 0 Å². The van der Waals surface area contributed by atoms with E-state index in [0.717, 1.165) is 25.7 Å². The summed E-state index contributed by atoms with van der Waals surface area (Å²) in [6.45, 7) is 0. The third-order valence-corrected chi connectivity index (χ3v) is 3.32. The summed E-state index contributed by atoms with van der Waals surface area (Å²) in [5.74, 6) is -0.442. The molecule has 0 bridgehead atoms. The van der Waals surface area contributed by atoms with E-state index in [2.05, 4.69) is 5.10 Å². The van der Waals surface area contributed by atoms with Crippen molar-refractivity contribution in [2.24, 2.45) is 7.05 Å². The number of carboxylic acid groups (broad SMARTS) is 1. The molecule has 0 atom stereocenters. The van der Waals surface area contributed by atoms with E-state index in [9.17, 15) is 4.79 Å². The van der Waals surface area contributed by atoms with Gasteiger partial charge < -0.3 is 10.8 Å². The lowest BCUT2D eigenvalue weighted by Gasteiger charge is -2.20. The Morgan fingerprint density at radius 3 is 2.62 bits per heavy atom.